The SMILES string of the molecule is O=C(Nc1cc(C(F)(F)F)ccc1Cl)C1c2ccccc2Oc2ccccc21. The number of benzene rings is 3. The summed E-state index contributed by atoms with van der Waals surface area (Å²) in [5.41, 5.74) is 0.270. The molecule has 0 aromatic heterocycles. The van der Waals surface area contributed by atoms with Crippen molar-refractivity contribution in [1.82, 2.24) is 0 Å². The molecule has 0 unspecified atom stereocenters. The number of amides is 1. The van der Waals surface area contributed by atoms with Gasteiger partial charge in [0.05, 0.1) is 22.2 Å². The van der Waals surface area contributed by atoms with E-state index in [1.165, 1.54) is 0 Å². The number of nitrogens with one attached hydrogen (secondary N) is 1. The van der Waals surface area contributed by atoms with Crippen molar-refractivity contribution in [2.24, 2.45) is 0 Å². The van der Waals surface area contributed by atoms with Gasteiger partial charge in [-0.1, -0.05) is 48.0 Å². The molecule has 28 heavy (non-hydrogen) atoms. The highest BCUT2D eigenvalue weighted by molar-refractivity contribution is 6.33. The van der Waals surface area contributed by atoms with Gasteiger partial charge in [-0.3, -0.25) is 4.79 Å². The molecule has 0 fully saturated rings. The Morgan fingerprint density at radius 1 is 0.929 bits per heavy atom. The molecular formula is C21H13ClF3NO2. The third-order valence-corrected chi connectivity index (χ3v) is 4.82. The maximum atomic E-state index is 13.1. The molecule has 1 N–H and O–H groups in total. The lowest BCUT2D eigenvalue weighted by Crippen LogP contribution is -2.25. The second-order valence-corrected chi connectivity index (χ2v) is 6.70. The molecule has 0 radical (unpaired) electrons. The fourth-order valence-electron chi connectivity index (χ4n) is 3.19. The summed E-state index contributed by atoms with van der Waals surface area (Å²) in [4.78, 5) is 13.1. The monoisotopic (exact) mass is 403 g/mol. The van der Waals surface area contributed by atoms with Gasteiger partial charge in [0.1, 0.15) is 11.5 Å². The average Bonchev–Trinajstić information content (AvgIpc) is 2.66. The quantitative estimate of drug-likeness (QED) is 0.550. The van der Waals surface area contributed by atoms with Crippen LogP contribution in [-0.2, 0) is 11.0 Å². The van der Waals surface area contributed by atoms with Gasteiger partial charge in [-0.05, 0) is 30.3 Å². The van der Waals surface area contributed by atoms with E-state index in [1.807, 2.05) is 0 Å². The van der Waals surface area contributed by atoms with Gasteiger partial charge in [0, 0.05) is 11.1 Å². The zero-order valence-corrected chi connectivity index (χ0v) is 15.0. The maximum absolute atomic E-state index is 13.1. The number of carbonyl (C=O) groups is 1. The van der Waals surface area contributed by atoms with Crippen LogP contribution in [0.2, 0.25) is 5.02 Å². The highest BCUT2D eigenvalue weighted by atomic mass is 35.5. The number of hydrogen-bond donors (Lipinski definition) is 1. The molecule has 3 nitrogen and oxygen atoms in total. The fraction of sp³-hybridized carbons (Fsp3) is 0.0952. The van der Waals surface area contributed by atoms with Crippen LogP contribution >= 0.6 is 11.6 Å². The molecule has 0 bridgehead atoms. The molecule has 0 saturated carbocycles. The van der Waals surface area contributed by atoms with E-state index < -0.39 is 23.6 Å². The van der Waals surface area contributed by atoms with Crippen LogP contribution in [0.1, 0.15) is 22.6 Å². The van der Waals surface area contributed by atoms with E-state index >= 15 is 0 Å². The van der Waals surface area contributed by atoms with Crippen molar-refractivity contribution in [2.45, 2.75) is 12.1 Å². The van der Waals surface area contributed by atoms with Crippen molar-refractivity contribution in [3.05, 3.63) is 88.4 Å². The minimum atomic E-state index is -4.54. The highest BCUT2D eigenvalue weighted by Gasteiger charge is 2.34. The van der Waals surface area contributed by atoms with Gasteiger partial charge in [0.2, 0.25) is 5.91 Å². The first-order valence-electron chi connectivity index (χ1n) is 8.38. The molecule has 7 heteroatoms. The number of anilines is 1. The first kappa shape index (κ1) is 18.4. The predicted octanol–water partition coefficient (Wildman–Crippen LogP) is 6.24. The second-order valence-electron chi connectivity index (χ2n) is 6.29. The number of rotatable bonds is 2. The average molecular weight is 404 g/mol. The zero-order chi connectivity index (χ0) is 19.9. The summed E-state index contributed by atoms with van der Waals surface area (Å²) in [5, 5.41) is 2.57. The second kappa shape index (κ2) is 6.87. The summed E-state index contributed by atoms with van der Waals surface area (Å²) in [5.74, 6) is -0.191. The lowest BCUT2D eigenvalue weighted by Gasteiger charge is -2.27. The molecular weight excluding hydrogens is 391 g/mol. The normalized spacial score (nSPS) is 13.3. The van der Waals surface area contributed by atoms with E-state index in [-0.39, 0.29) is 10.7 Å². The number of hydrogen-bond acceptors (Lipinski definition) is 2. The van der Waals surface area contributed by atoms with Crippen molar-refractivity contribution in [2.75, 3.05) is 5.32 Å². The van der Waals surface area contributed by atoms with Crippen LogP contribution < -0.4 is 10.1 Å². The number of ether oxygens (including phenoxy) is 1. The fourth-order valence-corrected chi connectivity index (χ4v) is 3.36. The van der Waals surface area contributed by atoms with Crippen LogP contribution in [0.3, 0.4) is 0 Å². The Morgan fingerprint density at radius 3 is 2.07 bits per heavy atom. The molecule has 1 heterocycles. The van der Waals surface area contributed by atoms with E-state index in [0.717, 1.165) is 18.2 Å². The van der Waals surface area contributed by atoms with Gasteiger partial charge in [-0.2, -0.15) is 13.2 Å². The number of carbonyl (C=O) groups excluding carboxylic acids is 1. The lowest BCUT2D eigenvalue weighted by molar-refractivity contribution is -0.137. The van der Waals surface area contributed by atoms with Gasteiger partial charge in [-0.25, -0.2) is 0 Å². The van der Waals surface area contributed by atoms with Gasteiger partial charge in [0.25, 0.3) is 0 Å². The maximum Gasteiger partial charge on any atom is 0.416 e. The van der Waals surface area contributed by atoms with E-state index in [4.69, 9.17) is 16.3 Å². The number of halogens is 4. The molecule has 3 aromatic carbocycles. The third kappa shape index (κ3) is 3.31. The summed E-state index contributed by atoms with van der Waals surface area (Å²) in [6.45, 7) is 0. The van der Waals surface area contributed by atoms with Crippen LogP contribution in [0.5, 0.6) is 11.5 Å². The summed E-state index contributed by atoms with van der Waals surface area (Å²) >= 11 is 6.02. The Kier molecular flexibility index (Phi) is 4.51. The first-order valence-corrected chi connectivity index (χ1v) is 8.76. The molecule has 0 aliphatic carbocycles. The Hall–Kier alpha value is -2.99. The Bertz CT molecular complexity index is 1020. The third-order valence-electron chi connectivity index (χ3n) is 4.49. The van der Waals surface area contributed by atoms with Crippen LogP contribution in [0.15, 0.2) is 66.7 Å². The summed E-state index contributed by atoms with van der Waals surface area (Å²) in [7, 11) is 0. The van der Waals surface area contributed by atoms with E-state index in [1.54, 1.807) is 48.5 Å². The zero-order valence-electron chi connectivity index (χ0n) is 14.3. The van der Waals surface area contributed by atoms with Gasteiger partial charge in [0.15, 0.2) is 0 Å². The van der Waals surface area contributed by atoms with Crippen molar-refractivity contribution < 1.29 is 22.7 Å². The van der Waals surface area contributed by atoms with Gasteiger partial charge in [-0.15, -0.1) is 0 Å². The van der Waals surface area contributed by atoms with Crippen molar-refractivity contribution in [3.8, 4) is 11.5 Å². The highest BCUT2D eigenvalue weighted by Crippen LogP contribution is 2.44. The first-order chi connectivity index (χ1) is 13.3. The van der Waals surface area contributed by atoms with Crippen molar-refractivity contribution in [1.29, 1.82) is 0 Å². The molecule has 4 rings (SSSR count). The van der Waals surface area contributed by atoms with Crippen LogP contribution in [0.25, 0.3) is 0 Å². The molecule has 142 valence electrons. The van der Waals surface area contributed by atoms with Crippen LogP contribution in [0, 0.1) is 0 Å². The molecule has 1 amide bonds. The van der Waals surface area contributed by atoms with Crippen molar-refractivity contribution >= 4 is 23.2 Å². The predicted molar refractivity (Wildman–Crippen MR) is 99.9 cm³/mol. The van der Waals surface area contributed by atoms with Crippen LogP contribution in [0.4, 0.5) is 18.9 Å². The largest absolute Gasteiger partial charge is 0.457 e. The summed E-state index contributed by atoms with van der Waals surface area (Å²) in [6.07, 6.45) is -4.54. The van der Waals surface area contributed by atoms with E-state index in [0.29, 0.717) is 22.6 Å². The number of fused-ring (bicyclic) bond motifs is 2. The Labute approximate surface area is 163 Å². The molecule has 1 aliphatic heterocycles. The van der Waals surface area contributed by atoms with Gasteiger partial charge >= 0.3 is 6.18 Å². The van der Waals surface area contributed by atoms with E-state index in [9.17, 15) is 18.0 Å². The van der Waals surface area contributed by atoms with Crippen LogP contribution in [-0.4, -0.2) is 5.91 Å². The number of para-hydroxylation sites is 2. The Balaban J connectivity index is 1.74. The van der Waals surface area contributed by atoms with Crippen molar-refractivity contribution in [3.63, 3.8) is 0 Å². The molecule has 1 aliphatic rings. The molecule has 3 aromatic rings. The minimum Gasteiger partial charge on any atom is -0.457 e. The Morgan fingerprint density at radius 2 is 1.50 bits per heavy atom. The lowest BCUT2D eigenvalue weighted by atomic mass is 9.87. The molecule has 0 atom stereocenters. The topological polar surface area (TPSA) is 38.3 Å². The summed E-state index contributed by atoms with van der Waals surface area (Å²) < 4.78 is 44.9. The van der Waals surface area contributed by atoms with Gasteiger partial charge < -0.3 is 10.1 Å². The number of alkyl halides is 3. The smallest absolute Gasteiger partial charge is 0.416 e. The summed E-state index contributed by atoms with van der Waals surface area (Å²) in [6, 6.07) is 16.9. The standard InChI is InChI=1S/C21H13ClF3NO2/c22-15-10-9-12(21(23,24)25)11-16(15)26-20(27)19-13-5-1-3-7-17(13)28-18-8-4-2-6-14(18)19/h1-11,19H,(H,26,27). The van der Waals surface area contributed by atoms with E-state index in [2.05, 4.69) is 5.32 Å². The minimum absolute atomic E-state index is 0.0231. The molecule has 0 saturated heterocycles. The molecule has 0 spiro atoms.